The zero-order valence-electron chi connectivity index (χ0n) is 6.73. The van der Waals surface area contributed by atoms with E-state index in [2.05, 4.69) is 15.3 Å². The van der Waals surface area contributed by atoms with Gasteiger partial charge in [-0.1, -0.05) is 0 Å². The minimum atomic E-state index is 0.877. The summed E-state index contributed by atoms with van der Waals surface area (Å²) in [5.74, 6) is 0. The van der Waals surface area contributed by atoms with Gasteiger partial charge in [-0.15, -0.1) is 0 Å². The first kappa shape index (κ1) is 7.03. The Morgan fingerprint density at radius 2 is 2.17 bits per heavy atom. The Kier molecular flexibility index (Phi) is 1.63. The molecule has 0 N–H and O–H groups in total. The fraction of sp³-hybridized carbons (Fsp3) is 0.111. The number of nitrogens with zero attached hydrogens (tertiary/aromatic N) is 3. The molecule has 1 radical (unpaired) electrons. The largest absolute Gasteiger partial charge is 0.261 e. The Morgan fingerprint density at radius 1 is 1.25 bits per heavy atom. The van der Waals surface area contributed by atoms with Gasteiger partial charge in [-0.2, -0.15) is 0 Å². The van der Waals surface area contributed by atoms with Gasteiger partial charge in [0.1, 0.15) is 6.34 Å². The molecule has 1 aromatic heterocycles. The summed E-state index contributed by atoms with van der Waals surface area (Å²) in [7, 11) is 0. The molecule has 2 heterocycles. The second-order valence-electron chi connectivity index (χ2n) is 2.60. The van der Waals surface area contributed by atoms with Gasteiger partial charge in [-0.05, 0) is 19.1 Å². The van der Waals surface area contributed by atoms with Crippen molar-refractivity contribution in [2.75, 3.05) is 0 Å². The third kappa shape index (κ3) is 1.21. The molecule has 2 rings (SSSR count). The van der Waals surface area contributed by atoms with Crippen LogP contribution in [0.15, 0.2) is 29.5 Å². The van der Waals surface area contributed by atoms with E-state index in [9.17, 15) is 0 Å². The molecule has 0 saturated carbocycles. The van der Waals surface area contributed by atoms with Crippen molar-refractivity contribution >= 4 is 12.0 Å². The highest BCUT2D eigenvalue weighted by molar-refractivity contribution is 5.78. The summed E-state index contributed by atoms with van der Waals surface area (Å²) in [4.78, 5) is 8.23. The summed E-state index contributed by atoms with van der Waals surface area (Å²) in [5.41, 5.74) is 2.90. The van der Waals surface area contributed by atoms with Crippen molar-refractivity contribution in [3.05, 3.63) is 35.8 Å². The van der Waals surface area contributed by atoms with E-state index in [4.69, 9.17) is 0 Å². The lowest BCUT2D eigenvalue weighted by atomic mass is 10.2. The fourth-order valence-electron chi connectivity index (χ4n) is 1.00. The maximum atomic E-state index is 4.17. The monoisotopic (exact) mass is 158 g/mol. The molecule has 0 atom stereocenters. The molecule has 1 aromatic rings. The van der Waals surface area contributed by atoms with E-state index in [1.54, 1.807) is 12.4 Å². The number of aromatic nitrogens is 1. The molecule has 0 aliphatic carbocycles. The minimum absolute atomic E-state index is 0.877. The zero-order chi connectivity index (χ0) is 8.39. The van der Waals surface area contributed by atoms with E-state index < -0.39 is 0 Å². The van der Waals surface area contributed by atoms with E-state index in [1.165, 1.54) is 6.34 Å². The molecular formula is C9H8N3. The summed E-state index contributed by atoms with van der Waals surface area (Å²) >= 11 is 0. The van der Waals surface area contributed by atoms with Crippen LogP contribution in [0.1, 0.15) is 11.3 Å². The van der Waals surface area contributed by atoms with Gasteiger partial charge < -0.3 is 0 Å². The third-order valence-corrected chi connectivity index (χ3v) is 1.67. The number of pyridine rings is 1. The van der Waals surface area contributed by atoms with Crippen molar-refractivity contribution in [1.29, 1.82) is 0 Å². The van der Waals surface area contributed by atoms with Gasteiger partial charge in [0.15, 0.2) is 0 Å². The molecule has 1 aliphatic rings. The number of aliphatic imine (C=N–C) groups is 1. The number of aryl methyl sites for hydroxylation is 1. The van der Waals surface area contributed by atoms with Crippen LogP contribution in [0.5, 0.6) is 0 Å². The lowest BCUT2D eigenvalue weighted by Crippen LogP contribution is -1.84. The summed E-state index contributed by atoms with van der Waals surface area (Å²) in [6.07, 6.45) is 5.07. The maximum Gasteiger partial charge on any atom is 0.116 e. The Morgan fingerprint density at radius 3 is 2.75 bits per heavy atom. The van der Waals surface area contributed by atoms with Gasteiger partial charge in [0.25, 0.3) is 0 Å². The van der Waals surface area contributed by atoms with E-state index in [0.717, 1.165) is 17.0 Å². The lowest BCUT2D eigenvalue weighted by Gasteiger charge is -1.96. The van der Waals surface area contributed by atoms with Gasteiger partial charge >= 0.3 is 0 Å². The minimum Gasteiger partial charge on any atom is -0.261 e. The van der Waals surface area contributed by atoms with E-state index in [0.29, 0.717) is 0 Å². The Hall–Kier alpha value is -1.64. The van der Waals surface area contributed by atoms with Crippen LogP contribution >= 0.6 is 0 Å². The highest BCUT2D eigenvalue weighted by Crippen LogP contribution is 2.15. The van der Waals surface area contributed by atoms with Crippen molar-refractivity contribution in [1.82, 2.24) is 10.3 Å². The fourth-order valence-corrected chi connectivity index (χ4v) is 1.00. The average Bonchev–Trinajstić information content (AvgIpc) is 2.58. The predicted molar refractivity (Wildman–Crippen MR) is 47.6 cm³/mol. The predicted octanol–water partition coefficient (Wildman–Crippen LogP) is 1.33. The van der Waals surface area contributed by atoms with Crippen molar-refractivity contribution in [3.8, 4) is 0 Å². The van der Waals surface area contributed by atoms with Crippen LogP contribution < -0.4 is 5.32 Å². The standard InChI is InChI=1S/C9H8N3/c1-7-2-3-8(4-11-7)9-5-10-6-12-9/h2-6H,1H3. The molecule has 0 aromatic carbocycles. The molecule has 0 bridgehead atoms. The lowest BCUT2D eigenvalue weighted by molar-refractivity contribution is 1.19. The van der Waals surface area contributed by atoms with Gasteiger partial charge in [0.2, 0.25) is 0 Å². The first-order chi connectivity index (χ1) is 5.86. The molecule has 12 heavy (non-hydrogen) atoms. The highest BCUT2D eigenvalue weighted by atomic mass is 15.0. The smallest absolute Gasteiger partial charge is 0.116 e. The molecule has 0 spiro atoms. The van der Waals surface area contributed by atoms with Crippen LogP contribution in [-0.4, -0.2) is 11.3 Å². The SMILES string of the molecule is Cc1ccc(C2=C[N]C=N2)cn1. The summed E-state index contributed by atoms with van der Waals surface area (Å²) < 4.78 is 0. The van der Waals surface area contributed by atoms with Crippen LogP contribution in [0.25, 0.3) is 5.70 Å². The molecule has 1 aliphatic heterocycles. The third-order valence-electron chi connectivity index (χ3n) is 1.67. The molecule has 0 unspecified atom stereocenters. The molecule has 0 fully saturated rings. The van der Waals surface area contributed by atoms with E-state index in [1.807, 2.05) is 19.1 Å². The zero-order valence-corrected chi connectivity index (χ0v) is 6.73. The van der Waals surface area contributed by atoms with Crippen LogP contribution in [0.2, 0.25) is 0 Å². The molecule has 0 saturated heterocycles. The molecule has 0 amide bonds. The maximum absolute atomic E-state index is 4.17. The quantitative estimate of drug-likeness (QED) is 0.607. The summed E-state index contributed by atoms with van der Waals surface area (Å²) in [6, 6.07) is 3.95. The van der Waals surface area contributed by atoms with Gasteiger partial charge in [0.05, 0.1) is 11.9 Å². The topological polar surface area (TPSA) is 39.4 Å². The summed E-state index contributed by atoms with van der Waals surface area (Å²) in [5, 5.41) is 3.88. The van der Waals surface area contributed by atoms with Gasteiger partial charge in [0, 0.05) is 17.5 Å². The van der Waals surface area contributed by atoms with Crippen molar-refractivity contribution < 1.29 is 0 Å². The van der Waals surface area contributed by atoms with E-state index >= 15 is 0 Å². The second kappa shape index (κ2) is 2.77. The van der Waals surface area contributed by atoms with Crippen molar-refractivity contribution in [2.45, 2.75) is 6.92 Å². The Bertz CT molecular complexity index is 335. The number of hydrogen-bond acceptors (Lipinski definition) is 2. The Labute approximate surface area is 70.9 Å². The van der Waals surface area contributed by atoms with E-state index in [-0.39, 0.29) is 0 Å². The van der Waals surface area contributed by atoms with Crippen molar-refractivity contribution in [3.63, 3.8) is 0 Å². The molecule has 3 heteroatoms. The average molecular weight is 158 g/mol. The van der Waals surface area contributed by atoms with Crippen molar-refractivity contribution in [2.24, 2.45) is 4.99 Å². The summed E-state index contributed by atoms with van der Waals surface area (Å²) in [6.45, 7) is 1.96. The number of rotatable bonds is 1. The van der Waals surface area contributed by atoms with Crippen LogP contribution in [0.4, 0.5) is 0 Å². The van der Waals surface area contributed by atoms with Crippen LogP contribution in [-0.2, 0) is 0 Å². The van der Waals surface area contributed by atoms with Crippen LogP contribution in [0, 0.1) is 6.92 Å². The first-order valence-electron chi connectivity index (χ1n) is 3.72. The second-order valence-corrected chi connectivity index (χ2v) is 2.60. The first-order valence-corrected chi connectivity index (χ1v) is 3.72. The molecular weight excluding hydrogens is 150 g/mol. The van der Waals surface area contributed by atoms with Gasteiger partial charge in [-0.25, -0.2) is 10.3 Å². The number of hydrogen-bond donors (Lipinski definition) is 0. The molecule has 3 nitrogen and oxygen atoms in total. The van der Waals surface area contributed by atoms with Gasteiger partial charge in [-0.3, -0.25) is 4.98 Å². The van der Waals surface area contributed by atoms with Crippen LogP contribution in [0.3, 0.4) is 0 Å². The normalized spacial score (nSPS) is 14.2. The Balaban J connectivity index is 2.35. The molecule has 59 valence electrons. The highest BCUT2D eigenvalue weighted by Gasteiger charge is 2.02.